The third-order valence-corrected chi connectivity index (χ3v) is 8.40. The largest absolute Gasteiger partial charge is 0.300 e. The lowest BCUT2D eigenvalue weighted by molar-refractivity contribution is -0.129. The summed E-state index contributed by atoms with van der Waals surface area (Å²) < 4.78 is 15.1. The predicted octanol–water partition coefficient (Wildman–Crippen LogP) is 4.67. The molecular weight excluding hydrogens is 303 g/mol. The fourth-order valence-corrected chi connectivity index (χ4v) is 7.20. The summed E-state index contributed by atoms with van der Waals surface area (Å²) in [5.41, 5.74) is 1.24. The molecule has 3 heteroatoms. The second-order valence-corrected chi connectivity index (χ2v) is 9.35. The number of halogens is 1. The van der Waals surface area contributed by atoms with E-state index < -0.39 is 6.17 Å². The molecule has 0 radical (unpaired) electrons. The van der Waals surface area contributed by atoms with Gasteiger partial charge in [-0.15, -0.1) is 0 Å². The van der Waals surface area contributed by atoms with Gasteiger partial charge in [0.25, 0.3) is 0 Å². The van der Waals surface area contributed by atoms with E-state index in [1.165, 1.54) is 5.57 Å². The van der Waals surface area contributed by atoms with Gasteiger partial charge in [0.2, 0.25) is 0 Å². The van der Waals surface area contributed by atoms with E-state index in [2.05, 4.69) is 13.8 Å². The topological polar surface area (TPSA) is 34.1 Å². The van der Waals surface area contributed by atoms with E-state index in [1.54, 1.807) is 6.92 Å². The van der Waals surface area contributed by atoms with E-state index in [-0.39, 0.29) is 34.2 Å². The first-order valence-corrected chi connectivity index (χ1v) is 9.66. The summed E-state index contributed by atoms with van der Waals surface area (Å²) in [5, 5.41) is 0. The van der Waals surface area contributed by atoms with Gasteiger partial charge < -0.3 is 0 Å². The molecule has 0 N–H and O–H groups in total. The summed E-state index contributed by atoms with van der Waals surface area (Å²) >= 11 is 0. The first kappa shape index (κ1) is 16.5. The summed E-state index contributed by atoms with van der Waals surface area (Å²) in [6, 6.07) is 0. The normalized spacial score (nSPS) is 50.6. The highest BCUT2D eigenvalue weighted by Crippen LogP contribution is 2.67. The van der Waals surface area contributed by atoms with Gasteiger partial charge in [0.15, 0.2) is 5.78 Å². The molecule has 4 aliphatic rings. The van der Waals surface area contributed by atoms with Gasteiger partial charge in [0.05, 0.1) is 0 Å². The minimum Gasteiger partial charge on any atom is -0.300 e. The molecule has 1 unspecified atom stereocenters. The van der Waals surface area contributed by atoms with Crippen LogP contribution in [0.5, 0.6) is 0 Å². The third-order valence-electron chi connectivity index (χ3n) is 8.40. The molecule has 132 valence electrons. The fraction of sp³-hybridized carbons (Fsp3) is 0.810. The Balaban J connectivity index is 1.70. The molecule has 4 rings (SSSR count). The zero-order valence-corrected chi connectivity index (χ0v) is 15.1. The van der Waals surface area contributed by atoms with E-state index in [9.17, 15) is 9.59 Å². The highest BCUT2D eigenvalue weighted by atomic mass is 19.1. The van der Waals surface area contributed by atoms with Crippen molar-refractivity contribution in [3.05, 3.63) is 11.6 Å². The number of rotatable bonds is 1. The number of carbonyl (C=O) groups excluding carboxylic acids is 2. The molecule has 4 aliphatic carbocycles. The van der Waals surface area contributed by atoms with Crippen LogP contribution in [0, 0.1) is 34.5 Å². The Morgan fingerprint density at radius 1 is 1.21 bits per heavy atom. The van der Waals surface area contributed by atoms with Crippen molar-refractivity contribution in [2.45, 2.75) is 71.9 Å². The highest BCUT2D eigenvalue weighted by Gasteiger charge is 2.63. The zero-order chi connectivity index (χ0) is 17.3. The van der Waals surface area contributed by atoms with Gasteiger partial charge in [-0.05, 0) is 80.1 Å². The van der Waals surface area contributed by atoms with Gasteiger partial charge in [-0.2, -0.15) is 0 Å². The van der Waals surface area contributed by atoms with Gasteiger partial charge >= 0.3 is 0 Å². The molecule has 0 spiro atoms. The molecule has 0 saturated heterocycles. The molecule has 0 amide bonds. The summed E-state index contributed by atoms with van der Waals surface area (Å²) in [7, 11) is 0. The molecule has 0 bridgehead atoms. The lowest BCUT2D eigenvalue weighted by Gasteiger charge is -2.58. The molecule has 3 fully saturated rings. The Bertz CT molecular complexity index is 623. The van der Waals surface area contributed by atoms with Crippen molar-refractivity contribution < 1.29 is 14.0 Å². The van der Waals surface area contributed by atoms with Crippen LogP contribution in [-0.2, 0) is 9.59 Å². The Morgan fingerprint density at radius 3 is 2.67 bits per heavy atom. The second kappa shape index (κ2) is 5.25. The SMILES string of the molecule is CC(=O)[C@H]1CC(F)[C@H]2[C@@H]3CCC4=CC(=O)CC[C@]4(C)[C@H]3CC[C@]12C. The lowest BCUT2D eigenvalue weighted by atomic mass is 9.46. The predicted molar refractivity (Wildman–Crippen MR) is 91.2 cm³/mol. The molecule has 2 nitrogen and oxygen atoms in total. The molecule has 7 atom stereocenters. The van der Waals surface area contributed by atoms with Crippen LogP contribution in [0.3, 0.4) is 0 Å². The number of carbonyl (C=O) groups is 2. The van der Waals surface area contributed by atoms with Crippen molar-refractivity contribution in [2.24, 2.45) is 34.5 Å². The van der Waals surface area contributed by atoms with Crippen LogP contribution in [0.4, 0.5) is 4.39 Å². The minimum absolute atomic E-state index is 0.0288. The summed E-state index contributed by atoms with van der Waals surface area (Å²) in [4.78, 5) is 24.0. The van der Waals surface area contributed by atoms with Crippen molar-refractivity contribution in [1.82, 2.24) is 0 Å². The maximum absolute atomic E-state index is 15.1. The van der Waals surface area contributed by atoms with Crippen LogP contribution in [0.25, 0.3) is 0 Å². The van der Waals surface area contributed by atoms with E-state index >= 15 is 4.39 Å². The molecule has 3 saturated carbocycles. The van der Waals surface area contributed by atoms with Crippen LogP contribution < -0.4 is 0 Å². The third kappa shape index (κ3) is 2.05. The summed E-state index contributed by atoms with van der Waals surface area (Å²) in [6.07, 6.45) is 7.02. The van der Waals surface area contributed by atoms with E-state index in [0.29, 0.717) is 24.7 Å². The number of hydrogen-bond acceptors (Lipinski definition) is 2. The van der Waals surface area contributed by atoms with Crippen molar-refractivity contribution in [1.29, 1.82) is 0 Å². The monoisotopic (exact) mass is 332 g/mol. The maximum Gasteiger partial charge on any atom is 0.155 e. The highest BCUT2D eigenvalue weighted by molar-refractivity contribution is 5.91. The molecule has 0 heterocycles. The van der Waals surface area contributed by atoms with Gasteiger partial charge in [-0.25, -0.2) is 4.39 Å². The molecule has 0 aromatic carbocycles. The molecule has 0 aromatic heterocycles. The van der Waals surface area contributed by atoms with Crippen molar-refractivity contribution in [2.75, 3.05) is 0 Å². The number of ketones is 2. The number of allylic oxidation sites excluding steroid dienone is 1. The Labute approximate surface area is 144 Å². The maximum atomic E-state index is 15.1. The van der Waals surface area contributed by atoms with Crippen molar-refractivity contribution >= 4 is 11.6 Å². The smallest absolute Gasteiger partial charge is 0.155 e. The first-order valence-electron chi connectivity index (χ1n) is 9.66. The van der Waals surface area contributed by atoms with Crippen LogP contribution >= 0.6 is 0 Å². The zero-order valence-electron chi connectivity index (χ0n) is 15.1. The Hall–Kier alpha value is -0.990. The van der Waals surface area contributed by atoms with E-state index in [4.69, 9.17) is 0 Å². The average molecular weight is 332 g/mol. The van der Waals surface area contributed by atoms with Crippen molar-refractivity contribution in [3.8, 4) is 0 Å². The molecular formula is C21H29FO2. The fourth-order valence-electron chi connectivity index (χ4n) is 7.20. The van der Waals surface area contributed by atoms with Gasteiger partial charge in [-0.1, -0.05) is 19.4 Å². The summed E-state index contributed by atoms with van der Waals surface area (Å²) in [5.74, 6) is 1.22. The molecule has 0 aliphatic heterocycles. The molecule has 0 aromatic rings. The van der Waals surface area contributed by atoms with Crippen LogP contribution in [-0.4, -0.2) is 17.7 Å². The Kier molecular flexibility index (Phi) is 3.61. The quantitative estimate of drug-likeness (QED) is 0.699. The van der Waals surface area contributed by atoms with Gasteiger partial charge in [-0.3, -0.25) is 9.59 Å². The van der Waals surface area contributed by atoms with E-state index in [1.807, 2.05) is 6.08 Å². The van der Waals surface area contributed by atoms with Crippen LogP contribution in [0.15, 0.2) is 11.6 Å². The second-order valence-electron chi connectivity index (χ2n) is 9.35. The molecule has 24 heavy (non-hydrogen) atoms. The number of fused-ring (bicyclic) bond motifs is 5. The Morgan fingerprint density at radius 2 is 1.96 bits per heavy atom. The number of Topliss-reactive ketones (excluding diaryl/α,β-unsaturated/α-hetero) is 1. The van der Waals surface area contributed by atoms with E-state index in [0.717, 1.165) is 32.1 Å². The first-order chi connectivity index (χ1) is 11.3. The van der Waals surface area contributed by atoms with Gasteiger partial charge in [0.1, 0.15) is 12.0 Å². The summed E-state index contributed by atoms with van der Waals surface area (Å²) in [6.45, 7) is 6.14. The standard InChI is InChI=1S/C21H29FO2/c1-12(23)17-11-18(22)19-15-5-4-13-10-14(24)6-8-20(13,2)16(15)7-9-21(17,19)3/h10,15-19H,4-9,11H2,1-3H3/t15-,16+,17-,18?,19-,20+,21-/m1/s1. The average Bonchev–Trinajstić information content (AvgIpc) is 2.80. The number of alkyl halides is 1. The minimum atomic E-state index is -0.837. The van der Waals surface area contributed by atoms with Crippen LogP contribution in [0.1, 0.15) is 65.7 Å². The van der Waals surface area contributed by atoms with Gasteiger partial charge in [0, 0.05) is 12.3 Å². The lowest BCUT2D eigenvalue weighted by Crippen LogP contribution is -2.52. The van der Waals surface area contributed by atoms with Crippen molar-refractivity contribution in [3.63, 3.8) is 0 Å². The number of hydrogen-bond donors (Lipinski definition) is 0. The van der Waals surface area contributed by atoms with Crippen LogP contribution in [0.2, 0.25) is 0 Å².